The third kappa shape index (κ3) is 2.28. The van der Waals surface area contributed by atoms with Crippen molar-refractivity contribution in [3.05, 3.63) is 35.7 Å². The molecule has 16 heavy (non-hydrogen) atoms. The monoisotopic (exact) mass is 216 g/mol. The second kappa shape index (κ2) is 4.90. The van der Waals surface area contributed by atoms with Crippen LogP contribution in [0.1, 0.15) is 18.3 Å². The number of nitrogens with two attached hydrogens (primary N) is 1. The van der Waals surface area contributed by atoms with Crippen molar-refractivity contribution in [2.75, 3.05) is 6.54 Å². The topological polar surface area (TPSA) is 67.6 Å². The van der Waals surface area contributed by atoms with Crippen molar-refractivity contribution in [2.24, 2.45) is 5.73 Å². The van der Waals surface area contributed by atoms with Gasteiger partial charge in [-0.25, -0.2) is 4.98 Å². The summed E-state index contributed by atoms with van der Waals surface area (Å²) >= 11 is 0. The Morgan fingerprint density at radius 1 is 1.25 bits per heavy atom. The molecule has 0 saturated carbocycles. The van der Waals surface area contributed by atoms with Crippen LogP contribution >= 0.6 is 0 Å². The smallest absolute Gasteiger partial charge is 0.181 e. The number of hydrogen-bond acceptors (Lipinski definition) is 3. The summed E-state index contributed by atoms with van der Waals surface area (Å²) < 4.78 is 0. The lowest BCUT2D eigenvalue weighted by Crippen LogP contribution is -2.03. The highest BCUT2D eigenvalue weighted by Crippen LogP contribution is 2.15. The molecule has 4 nitrogen and oxygen atoms in total. The SMILES string of the molecule is CCc1ccc(-c2n[nH]c(CCN)n2)cc1. The van der Waals surface area contributed by atoms with Crippen molar-refractivity contribution in [1.82, 2.24) is 15.2 Å². The molecular weight excluding hydrogens is 200 g/mol. The minimum atomic E-state index is 0.587. The third-order valence-corrected chi connectivity index (χ3v) is 2.53. The van der Waals surface area contributed by atoms with Crippen molar-refractivity contribution in [3.63, 3.8) is 0 Å². The molecule has 0 atom stereocenters. The van der Waals surface area contributed by atoms with Crippen molar-refractivity contribution in [3.8, 4) is 11.4 Å². The second-order valence-corrected chi connectivity index (χ2v) is 3.69. The van der Waals surface area contributed by atoms with Crippen LogP contribution in [0.15, 0.2) is 24.3 Å². The molecule has 0 bridgehead atoms. The minimum Gasteiger partial charge on any atom is -0.330 e. The van der Waals surface area contributed by atoms with Crippen LogP contribution in [0.4, 0.5) is 0 Å². The first-order valence-electron chi connectivity index (χ1n) is 5.54. The number of nitrogens with zero attached hydrogens (tertiary/aromatic N) is 2. The Morgan fingerprint density at radius 2 is 2.00 bits per heavy atom. The molecule has 1 heterocycles. The van der Waals surface area contributed by atoms with E-state index >= 15 is 0 Å². The number of hydrogen-bond donors (Lipinski definition) is 2. The van der Waals surface area contributed by atoms with Gasteiger partial charge in [0.2, 0.25) is 0 Å². The molecule has 4 heteroatoms. The van der Waals surface area contributed by atoms with Crippen molar-refractivity contribution in [1.29, 1.82) is 0 Å². The average Bonchev–Trinajstić information content (AvgIpc) is 2.78. The van der Waals surface area contributed by atoms with Gasteiger partial charge in [0.05, 0.1) is 0 Å². The van der Waals surface area contributed by atoms with E-state index in [1.807, 2.05) is 12.1 Å². The maximum Gasteiger partial charge on any atom is 0.181 e. The van der Waals surface area contributed by atoms with E-state index in [-0.39, 0.29) is 0 Å². The predicted molar refractivity (Wildman–Crippen MR) is 64.0 cm³/mol. The Kier molecular flexibility index (Phi) is 3.31. The van der Waals surface area contributed by atoms with Crippen LogP contribution in [0.3, 0.4) is 0 Å². The van der Waals surface area contributed by atoms with Gasteiger partial charge >= 0.3 is 0 Å². The van der Waals surface area contributed by atoms with E-state index in [0.717, 1.165) is 30.1 Å². The summed E-state index contributed by atoms with van der Waals surface area (Å²) in [6.45, 7) is 2.73. The predicted octanol–water partition coefficient (Wildman–Crippen LogP) is 1.54. The van der Waals surface area contributed by atoms with E-state index in [0.29, 0.717) is 6.54 Å². The Balaban J connectivity index is 2.21. The highest BCUT2D eigenvalue weighted by Gasteiger charge is 2.04. The number of aromatic nitrogens is 3. The molecule has 0 aliphatic rings. The molecule has 0 amide bonds. The van der Waals surface area contributed by atoms with Gasteiger partial charge < -0.3 is 5.73 Å². The van der Waals surface area contributed by atoms with E-state index in [1.54, 1.807) is 0 Å². The number of H-pyrrole nitrogens is 1. The van der Waals surface area contributed by atoms with E-state index < -0.39 is 0 Å². The molecule has 0 fully saturated rings. The Hall–Kier alpha value is -1.68. The number of aryl methyl sites for hydroxylation is 1. The summed E-state index contributed by atoms with van der Waals surface area (Å²) in [6.07, 6.45) is 1.78. The first-order chi connectivity index (χ1) is 7.83. The lowest BCUT2D eigenvalue weighted by atomic mass is 10.1. The maximum atomic E-state index is 5.46. The summed E-state index contributed by atoms with van der Waals surface area (Å²) in [5.74, 6) is 1.59. The number of aromatic amines is 1. The summed E-state index contributed by atoms with van der Waals surface area (Å²) in [6, 6.07) is 8.31. The van der Waals surface area contributed by atoms with Crippen LogP contribution in [0, 0.1) is 0 Å². The van der Waals surface area contributed by atoms with E-state index in [2.05, 4.69) is 34.2 Å². The quantitative estimate of drug-likeness (QED) is 0.814. The zero-order valence-corrected chi connectivity index (χ0v) is 9.40. The summed E-state index contributed by atoms with van der Waals surface area (Å²) in [7, 11) is 0. The molecule has 0 aliphatic carbocycles. The average molecular weight is 216 g/mol. The lowest BCUT2D eigenvalue weighted by Gasteiger charge is -1.97. The van der Waals surface area contributed by atoms with E-state index in [4.69, 9.17) is 5.73 Å². The molecule has 1 aromatic carbocycles. The molecule has 0 radical (unpaired) electrons. The molecule has 1 aromatic heterocycles. The van der Waals surface area contributed by atoms with Gasteiger partial charge in [-0.2, -0.15) is 5.10 Å². The maximum absolute atomic E-state index is 5.46. The van der Waals surface area contributed by atoms with Gasteiger partial charge in [0.15, 0.2) is 5.82 Å². The molecule has 3 N–H and O–H groups in total. The van der Waals surface area contributed by atoms with Crippen LogP contribution in [0.2, 0.25) is 0 Å². The van der Waals surface area contributed by atoms with Gasteiger partial charge in [-0.05, 0) is 18.5 Å². The highest BCUT2D eigenvalue weighted by atomic mass is 15.2. The molecule has 2 aromatic rings. The molecule has 0 unspecified atom stereocenters. The normalized spacial score (nSPS) is 10.6. The van der Waals surface area contributed by atoms with Crippen molar-refractivity contribution >= 4 is 0 Å². The minimum absolute atomic E-state index is 0.587. The fourth-order valence-corrected chi connectivity index (χ4v) is 1.56. The highest BCUT2D eigenvalue weighted by molar-refractivity contribution is 5.54. The van der Waals surface area contributed by atoms with Gasteiger partial charge in [0.25, 0.3) is 0 Å². The number of nitrogens with one attached hydrogen (secondary N) is 1. The summed E-state index contributed by atoms with van der Waals surface area (Å²) in [4.78, 5) is 4.38. The molecule has 84 valence electrons. The Labute approximate surface area is 94.9 Å². The van der Waals surface area contributed by atoms with Crippen molar-refractivity contribution in [2.45, 2.75) is 19.8 Å². The van der Waals surface area contributed by atoms with Crippen LogP contribution in [0.25, 0.3) is 11.4 Å². The standard InChI is InChI=1S/C12H16N4/c1-2-9-3-5-10(6-4-9)12-14-11(7-8-13)15-16-12/h3-6H,2,7-8,13H2,1H3,(H,14,15,16). The lowest BCUT2D eigenvalue weighted by molar-refractivity contribution is 0.874. The number of benzene rings is 1. The van der Waals surface area contributed by atoms with Crippen LogP contribution < -0.4 is 5.73 Å². The van der Waals surface area contributed by atoms with Crippen LogP contribution in [0.5, 0.6) is 0 Å². The zero-order chi connectivity index (χ0) is 11.4. The van der Waals surface area contributed by atoms with Crippen molar-refractivity contribution < 1.29 is 0 Å². The second-order valence-electron chi connectivity index (χ2n) is 3.69. The van der Waals surface area contributed by atoms with Gasteiger partial charge in [-0.3, -0.25) is 5.10 Å². The van der Waals surface area contributed by atoms with Gasteiger partial charge in [0, 0.05) is 12.0 Å². The largest absolute Gasteiger partial charge is 0.330 e. The Morgan fingerprint density at radius 3 is 2.62 bits per heavy atom. The fourth-order valence-electron chi connectivity index (χ4n) is 1.56. The molecule has 0 aliphatic heterocycles. The van der Waals surface area contributed by atoms with Crippen LogP contribution in [-0.4, -0.2) is 21.7 Å². The first kappa shape index (κ1) is 10.8. The van der Waals surface area contributed by atoms with E-state index in [1.165, 1.54) is 5.56 Å². The van der Waals surface area contributed by atoms with Gasteiger partial charge in [0.1, 0.15) is 5.82 Å². The Bertz CT molecular complexity index is 444. The summed E-state index contributed by atoms with van der Waals surface area (Å²) in [5.41, 5.74) is 7.82. The first-order valence-corrected chi connectivity index (χ1v) is 5.54. The molecule has 2 rings (SSSR count). The fraction of sp³-hybridized carbons (Fsp3) is 0.333. The molecule has 0 spiro atoms. The zero-order valence-electron chi connectivity index (χ0n) is 9.40. The van der Waals surface area contributed by atoms with Gasteiger partial charge in [-0.1, -0.05) is 31.2 Å². The number of rotatable bonds is 4. The summed E-state index contributed by atoms with van der Waals surface area (Å²) in [5, 5.41) is 7.06. The van der Waals surface area contributed by atoms with E-state index in [9.17, 15) is 0 Å². The van der Waals surface area contributed by atoms with Gasteiger partial charge in [-0.15, -0.1) is 0 Å². The molecular formula is C12H16N4. The molecule has 0 saturated heterocycles. The third-order valence-electron chi connectivity index (χ3n) is 2.53. The van der Waals surface area contributed by atoms with Crippen LogP contribution in [-0.2, 0) is 12.8 Å².